The average molecular weight is 613 g/mol. The summed E-state index contributed by atoms with van der Waals surface area (Å²) < 4.78 is 24.5. The molecule has 1 aliphatic rings. The van der Waals surface area contributed by atoms with Gasteiger partial charge in [-0.3, -0.25) is 0 Å². The number of H-pyrrole nitrogens is 1. The molecule has 0 unspecified atom stereocenters. The van der Waals surface area contributed by atoms with Gasteiger partial charge >= 0.3 is 17.9 Å². The highest BCUT2D eigenvalue weighted by molar-refractivity contribution is 7.71. The second-order valence-corrected chi connectivity index (χ2v) is 10.9. The van der Waals surface area contributed by atoms with Crippen LogP contribution in [0.3, 0.4) is 0 Å². The Bertz CT molecular complexity index is 1810. The van der Waals surface area contributed by atoms with E-state index in [4.69, 9.17) is 31.2 Å². The first-order chi connectivity index (χ1) is 21.0. The van der Waals surface area contributed by atoms with Gasteiger partial charge in [-0.25, -0.2) is 19.4 Å². The molecule has 0 aliphatic carbocycles. The highest BCUT2D eigenvalue weighted by Gasteiger charge is 2.52. The number of benzene rings is 3. The van der Waals surface area contributed by atoms with Crippen molar-refractivity contribution in [2.75, 3.05) is 6.61 Å². The fourth-order valence-electron chi connectivity index (χ4n) is 4.80. The SMILES string of the molecule is O=C(OC[C@H]1O[C@@H](c2scc3c(=S)nc[nH]c23)[C@H](OC(=O)c2ccccc2)[C@@H]1OC(=O)c1ccccc1)c1ccccc1. The van der Waals surface area contributed by atoms with Crippen molar-refractivity contribution in [3.63, 3.8) is 0 Å². The number of nitrogens with one attached hydrogen (secondary N) is 1. The van der Waals surface area contributed by atoms with E-state index in [2.05, 4.69) is 9.97 Å². The number of fused-ring (bicyclic) bond motifs is 1. The van der Waals surface area contributed by atoms with E-state index in [1.807, 2.05) is 5.38 Å². The molecule has 1 fully saturated rings. The van der Waals surface area contributed by atoms with E-state index in [1.54, 1.807) is 91.0 Å². The maximum Gasteiger partial charge on any atom is 0.338 e. The number of carbonyl (C=O) groups is 3. The van der Waals surface area contributed by atoms with E-state index in [9.17, 15) is 14.4 Å². The summed E-state index contributed by atoms with van der Waals surface area (Å²) in [6.45, 7) is -0.267. The van der Waals surface area contributed by atoms with Crippen molar-refractivity contribution in [3.8, 4) is 0 Å². The summed E-state index contributed by atoms with van der Waals surface area (Å²) >= 11 is 6.74. The zero-order chi connectivity index (χ0) is 29.8. The maximum atomic E-state index is 13.4. The Morgan fingerprint density at radius 3 is 1.91 bits per heavy atom. The zero-order valence-corrected chi connectivity index (χ0v) is 24.1. The Kier molecular flexibility index (Phi) is 8.36. The molecule has 2 aromatic heterocycles. The lowest BCUT2D eigenvalue weighted by Gasteiger charge is -2.24. The van der Waals surface area contributed by atoms with Gasteiger partial charge in [0.25, 0.3) is 0 Å². The monoisotopic (exact) mass is 612 g/mol. The van der Waals surface area contributed by atoms with Crippen LogP contribution in [0.1, 0.15) is 42.1 Å². The van der Waals surface area contributed by atoms with Crippen LogP contribution < -0.4 is 0 Å². The fourth-order valence-corrected chi connectivity index (χ4v) is 6.18. The van der Waals surface area contributed by atoms with Crippen LogP contribution in [-0.4, -0.2) is 52.8 Å². The van der Waals surface area contributed by atoms with Gasteiger partial charge in [0, 0.05) is 10.8 Å². The molecule has 43 heavy (non-hydrogen) atoms. The number of nitrogens with zero attached hydrogens (tertiary/aromatic N) is 1. The van der Waals surface area contributed by atoms with Crippen molar-refractivity contribution < 1.29 is 33.3 Å². The normalized spacial score (nSPS) is 19.5. The van der Waals surface area contributed by atoms with Crippen LogP contribution in [0.25, 0.3) is 10.9 Å². The highest BCUT2D eigenvalue weighted by atomic mass is 32.1. The van der Waals surface area contributed by atoms with Crippen LogP contribution in [0.4, 0.5) is 0 Å². The molecule has 0 spiro atoms. The maximum absolute atomic E-state index is 13.4. The summed E-state index contributed by atoms with van der Waals surface area (Å²) in [6.07, 6.45) is -2.61. The summed E-state index contributed by atoms with van der Waals surface area (Å²) in [7, 11) is 0. The second-order valence-electron chi connectivity index (χ2n) is 9.63. The largest absolute Gasteiger partial charge is 0.459 e. The molecule has 0 saturated carbocycles. The van der Waals surface area contributed by atoms with Gasteiger partial charge in [0.2, 0.25) is 0 Å². The minimum atomic E-state index is -1.13. The summed E-state index contributed by atoms with van der Waals surface area (Å²) in [5.74, 6) is -1.85. The van der Waals surface area contributed by atoms with Gasteiger partial charge in [-0.15, -0.1) is 11.3 Å². The summed E-state index contributed by atoms with van der Waals surface area (Å²) in [5.41, 5.74) is 1.63. The lowest BCUT2D eigenvalue weighted by atomic mass is 10.0. The predicted molar refractivity (Wildman–Crippen MR) is 160 cm³/mol. The molecular formula is C32H24N2O7S2. The van der Waals surface area contributed by atoms with Crippen LogP contribution >= 0.6 is 23.6 Å². The molecule has 216 valence electrons. The smallest absolute Gasteiger partial charge is 0.338 e. The van der Waals surface area contributed by atoms with Gasteiger partial charge in [-0.05, 0) is 36.4 Å². The first kappa shape index (κ1) is 28.4. The first-order valence-electron chi connectivity index (χ1n) is 13.3. The number of esters is 3. The second kappa shape index (κ2) is 12.7. The molecule has 3 heterocycles. The highest BCUT2D eigenvalue weighted by Crippen LogP contribution is 2.43. The molecule has 0 radical (unpaired) electrons. The van der Waals surface area contributed by atoms with E-state index in [1.165, 1.54) is 17.7 Å². The molecule has 9 nitrogen and oxygen atoms in total. The summed E-state index contributed by atoms with van der Waals surface area (Å²) in [5, 5.41) is 2.54. The summed E-state index contributed by atoms with van der Waals surface area (Å²) in [6, 6.07) is 25.4. The molecule has 11 heteroatoms. The van der Waals surface area contributed by atoms with Crippen molar-refractivity contribution in [1.82, 2.24) is 9.97 Å². The van der Waals surface area contributed by atoms with E-state index in [0.717, 1.165) is 0 Å². The van der Waals surface area contributed by atoms with Gasteiger partial charge in [0.15, 0.2) is 12.2 Å². The Hall–Kier alpha value is -4.71. The molecule has 1 N–H and O–H groups in total. The minimum Gasteiger partial charge on any atom is -0.459 e. The van der Waals surface area contributed by atoms with Gasteiger partial charge < -0.3 is 23.9 Å². The molecule has 1 aliphatic heterocycles. The number of aromatic nitrogens is 2. The third-order valence-electron chi connectivity index (χ3n) is 6.90. The van der Waals surface area contributed by atoms with E-state index in [-0.39, 0.29) is 6.61 Å². The van der Waals surface area contributed by atoms with Crippen LogP contribution in [0, 0.1) is 4.64 Å². The van der Waals surface area contributed by atoms with E-state index in [0.29, 0.717) is 37.1 Å². The van der Waals surface area contributed by atoms with Crippen molar-refractivity contribution in [3.05, 3.63) is 129 Å². The quantitative estimate of drug-likeness (QED) is 0.126. The van der Waals surface area contributed by atoms with Crippen molar-refractivity contribution in [2.45, 2.75) is 24.4 Å². The first-order valence-corrected chi connectivity index (χ1v) is 14.6. The van der Waals surface area contributed by atoms with Crippen LogP contribution in [-0.2, 0) is 18.9 Å². The van der Waals surface area contributed by atoms with Crippen LogP contribution in [0.5, 0.6) is 0 Å². The standard InChI is InChI=1S/C32H24N2O7S2/c35-30(19-10-4-1-5-11-19)38-16-23-25(40-31(36)20-12-6-2-7-13-20)26(41-32(37)21-14-8-3-9-15-21)27(39-23)28-24-22(17-43-28)29(42)34-18-33-24/h1-15,17-18,23,25-27H,16H2,(H,33,34,42)/t23-,25-,26-,27-/m1/s1. The summed E-state index contributed by atoms with van der Waals surface area (Å²) in [4.78, 5) is 47.4. The van der Waals surface area contributed by atoms with Crippen molar-refractivity contribution in [1.29, 1.82) is 0 Å². The number of rotatable bonds is 8. The Morgan fingerprint density at radius 2 is 1.33 bits per heavy atom. The molecule has 5 aromatic rings. The van der Waals surface area contributed by atoms with E-state index >= 15 is 0 Å². The van der Waals surface area contributed by atoms with E-state index < -0.39 is 42.3 Å². The molecule has 1 saturated heterocycles. The molecule has 3 aromatic carbocycles. The van der Waals surface area contributed by atoms with Gasteiger partial charge in [0.05, 0.1) is 33.4 Å². The van der Waals surface area contributed by atoms with Crippen LogP contribution in [0.15, 0.2) is 103 Å². The predicted octanol–water partition coefficient (Wildman–Crippen LogP) is 6.10. The average Bonchev–Trinajstić information content (AvgIpc) is 3.63. The number of thiophene rings is 1. The Morgan fingerprint density at radius 1 is 0.791 bits per heavy atom. The van der Waals surface area contributed by atoms with Gasteiger partial charge in [-0.1, -0.05) is 66.8 Å². The third kappa shape index (κ3) is 6.09. The van der Waals surface area contributed by atoms with Gasteiger partial charge in [0.1, 0.15) is 23.5 Å². The molecule has 0 amide bonds. The number of ether oxygens (including phenoxy) is 4. The lowest BCUT2D eigenvalue weighted by Crippen LogP contribution is -2.40. The Labute approximate surface area is 255 Å². The number of carbonyl (C=O) groups excluding carboxylic acids is 3. The van der Waals surface area contributed by atoms with Crippen molar-refractivity contribution in [2.24, 2.45) is 0 Å². The number of hydrogen-bond donors (Lipinski definition) is 1. The van der Waals surface area contributed by atoms with Crippen LogP contribution in [0.2, 0.25) is 0 Å². The molecule has 4 atom stereocenters. The third-order valence-corrected chi connectivity index (χ3v) is 8.27. The molecule has 0 bridgehead atoms. The minimum absolute atomic E-state index is 0.267. The van der Waals surface area contributed by atoms with Crippen molar-refractivity contribution >= 4 is 52.4 Å². The topological polar surface area (TPSA) is 117 Å². The lowest BCUT2D eigenvalue weighted by molar-refractivity contribution is -0.0448. The molecular weight excluding hydrogens is 588 g/mol. The fraction of sp³-hybridized carbons (Fsp3) is 0.156. The zero-order valence-electron chi connectivity index (χ0n) is 22.5. The molecule has 6 rings (SSSR count). The number of aromatic amines is 1. The number of hydrogen-bond acceptors (Lipinski definition) is 10. The van der Waals surface area contributed by atoms with Gasteiger partial charge in [-0.2, -0.15) is 0 Å². The Balaban J connectivity index is 1.37.